The van der Waals surface area contributed by atoms with Crippen molar-refractivity contribution in [1.82, 2.24) is 4.98 Å². The zero-order valence-electron chi connectivity index (χ0n) is 17.5. The third-order valence-electron chi connectivity index (χ3n) is 6.32. The molecule has 0 amide bonds. The second-order valence-electron chi connectivity index (χ2n) is 8.19. The van der Waals surface area contributed by atoms with E-state index in [0.29, 0.717) is 5.56 Å². The highest BCUT2D eigenvalue weighted by atomic mass is 35.5. The molecule has 1 aliphatic carbocycles. The van der Waals surface area contributed by atoms with Crippen LogP contribution in [0.3, 0.4) is 0 Å². The Morgan fingerprint density at radius 1 is 1.11 bits per heavy atom. The zero-order chi connectivity index (χ0) is 25.2. The summed E-state index contributed by atoms with van der Waals surface area (Å²) in [6, 6.07) is 13.8. The van der Waals surface area contributed by atoms with Gasteiger partial charge >= 0.3 is 12.3 Å². The molecule has 0 bridgehead atoms. The van der Waals surface area contributed by atoms with E-state index in [1.807, 2.05) is 0 Å². The average Bonchev–Trinajstić information content (AvgIpc) is 3.16. The van der Waals surface area contributed by atoms with Crippen LogP contribution in [0, 0.1) is 5.92 Å². The van der Waals surface area contributed by atoms with Crippen LogP contribution in [0.2, 0.25) is 5.02 Å². The Bertz CT molecular complexity index is 1330. The number of alkyl halides is 3. The van der Waals surface area contributed by atoms with Crippen LogP contribution in [-0.4, -0.2) is 33.3 Å². The molecule has 1 aliphatic heterocycles. The Morgan fingerprint density at radius 2 is 1.77 bits per heavy atom. The average molecular weight is 506 g/mol. The van der Waals surface area contributed by atoms with Gasteiger partial charge in [0.05, 0.1) is 10.9 Å². The van der Waals surface area contributed by atoms with Gasteiger partial charge in [-0.1, -0.05) is 54.1 Å². The fraction of sp³-hybridized carbons (Fsp3) is 0.208. The highest BCUT2D eigenvalue weighted by Crippen LogP contribution is 2.66. The minimum atomic E-state index is -4.94. The van der Waals surface area contributed by atoms with E-state index >= 15 is 0 Å². The van der Waals surface area contributed by atoms with Gasteiger partial charge in [0.25, 0.3) is 0 Å². The molecule has 0 unspecified atom stereocenters. The van der Waals surface area contributed by atoms with E-state index in [-0.39, 0.29) is 22.0 Å². The highest BCUT2D eigenvalue weighted by Gasteiger charge is 2.78. The Labute approximate surface area is 200 Å². The van der Waals surface area contributed by atoms with Crippen molar-refractivity contribution in [3.05, 3.63) is 88.7 Å². The van der Waals surface area contributed by atoms with Gasteiger partial charge in [0.15, 0.2) is 11.4 Å². The number of rotatable bonds is 4. The molecule has 7 nitrogen and oxygen atoms in total. The van der Waals surface area contributed by atoms with Crippen molar-refractivity contribution in [2.24, 2.45) is 5.92 Å². The lowest BCUT2D eigenvalue weighted by atomic mass is 9.71. The van der Waals surface area contributed by atoms with Crippen LogP contribution < -0.4 is 9.47 Å². The number of carbonyl (C=O) groups excluding carboxylic acids is 1. The van der Waals surface area contributed by atoms with E-state index in [9.17, 15) is 33.0 Å². The number of nitrogens with zero attached hydrogens (tertiary/aromatic N) is 1. The molecule has 0 radical (unpaired) electrons. The number of halogens is 4. The molecule has 2 heterocycles. The van der Waals surface area contributed by atoms with E-state index < -0.39 is 46.9 Å². The van der Waals surface area contributed by atoms with Gasteiger partial charge < -0.3 is 19.7 Å². The summed E-state index contributed by atoms with van der Waals surface area (Å²) in [6.45, 7) is 0. The van der Waals surface area contributed by atoms with Crippen LogP contribution in [0.1, 0.15) is 22.7 Å². The van der Waals surface area contributed by atoms with Gasteiger partial charge in [0, 0.05) is 17.8 Å². The van der Waals surface area contributed by atoms with Crippen molar-refractivity contribution in [3.63, 3.8) is 0 Å². The van der Waals surface area contributed by atoms with Crippen molar-refractivity contribution in [2.45, 2.75) is 23.5 Å². The predicted octanol–water partition coefficient (Wildman–Crippen LogP) is 4.18. The first-order valence-corrected chi connectivity index (χ1v) is 10.6. The van der Waals surface area contributed by atoms with Gasteiger partial charge in [0.1, 0.15) is 23.1 Å². The molecule has 2 aliphatic rings. The fourth-order valence-electron chi connectivity index (χ4n) is 5.09. The number of hydrogen-bond donors (Lipinski definition) is 2. The number of Topliss-reactive ketones (excluding diaryl/α,β-unsaturated/α-hetero) is 1. The van der Waals surface area contributed by atoms with Crippen molar-refractivity contribution in [2.75, 3.05) is 0 Å². The lowest BCUT2D eigenvalue weighted by Crippen LogP contribution is -2.51. The fourth-order valence-corrected chi connectivity index (χ4v) is 5.23. The molecule has 35 heavy (non-hydrogen) atoms. The predicted molar refractivity (Wildman–Crippen MR) is 114 cm³/mol. The van der Waals surface area contributed by atoms with E-state index in [2.05, 4.69) is 9.72 Å². The largest absolute Gasteiger partial charge is 0.573 e. The standard InChI is InChI=1S/C24H15ClF3NO6/c25-14-10-16-19(29-11-14)22(33)20(30)17(21(31)32)18(12-4-2-1-3-5-12)23(22,35-16)13-6-8-15(9-7-13)34-24(26,27)28/h1-11,17-18,33H,(H,31,32)/t17-,18-,22+,23+/m1/s1. The molecular weight excluding hydrogens is 491 g/mol. The van der Waals surface area contributed by atoms with E-state index in [4.69, 9.17) is 16.3 Å². The third-order valence-corrected chi connectivity index (χ3v) is 6.53. The number of aliphatic carboxylic acids is 1. The number of hydrogen-bond acceptors (Lipinski definition) is 6. The maximum atomic E-state index is 13.7. The van der Waals surface area contributed by atoms with Crippen molar-refractivity contribution in [3.8, 4) is 11.5 Å². The van der Waals surface area contributed by atoms with Gasteiger partial charge in [-0.2, -0.15) is 0 Å². The summed E-state index contributed by atoms with van der Waals surface area (Å²) in [4.78, 5) is 30.1. The van der Waals surface area contributed by atoms with E-state index in [0.717, 1.165) is 12.1 Å². The van der Waals surface area contributed by atoms with E-state index in [1.165, 1.54) is 24.4 Å². The molecule has 1 saturated carbocycles. The van der Waals surface area contributed by atoms with Crippen LogP contribution in [0.25, 0.3) is 0 Å². The molecule has 11 heteroatoms. The van der Waals surface area contributed by atoms with Crippen LogP contribution in [0.4, 0.5) is 13.2 Å². The Balaban J connectivity index is 1.79. The minimum Gasteiger partial charge on any atom is -0.481 e. The molecule has 2 N–H and O–H groups in total. The Hall–Kier alpha value is -3.63. The van der Waals surface area contributed by atoms with Gasteiger partial charge in [-0.15, -0.1) is 13.2 Å². The molecular formula is C24H15ClF3NO6. The van der Waals surface area contributed by atoms with Gasteiger partial charge in [-0.05, 0) is 17.7 Å². The number of carbonyl (C=O) groups is 2. The smallest absolute Gasteiger partial charge is 0.481 e. The molecule has 2 aromatic carbocycles. The van der Waals surface area contributed by atoms with Crippen molar-refractivity contribution >= 4 is 23.4 Å². The topological polar surface area (TPSA) is 106 Å². The number of benzene rings is 2. The number of carboxylic acid groups (broad SMARTS) is 1. The normalized spacial score (nSPS) is 27.2. The van der Waals surface area contributed by atoms with E-state index in [1.54, 1.807) is 30.3 Å². The van der Waals surface area contributed by atoms with Gasteiger partial charge in [-0.25, -0.2) is 0 Å². The molecule has 0 spiro atoms. The molecule has 0 saturated heterocycles. The lowest BCUT2D eigenvalue weighted by Gasteiger charge is -2.38. The summed E-state index contributed by atoms with van der Waals surface area (Å²) in [5.41, 5.74) is -4.48. The summed E-state index contributed by atoms with van der Waals surface area (Å²) >= 11 is 6.04. The first kappa shape index (κ1) is 23.1. The number of carboxylic acids is 1. The summed E-state index contributed by atoms with van der Waals surface area (Å²) in [5.74, 6) is -6.19. The third kappa shape index (κ3) is 3.28. The van der Waals surface area contributed by atoms with Gasteiger partial charge in [0.2, 0.25) is 5.60 Å². The second kappa shape index (κ2) is 7.69. The van der Waals surface area contributed by atoms with Crippen LogP contribution in [0.15, 0.2) is 66.9 Å². The molecule has 180 valence electrons. The molecule has 1 aromatic heterocycles. The Kier molecular flexibility index (Phi) is 5.08. The number of ketones is 1. The number of aliphatic hydroxyl groups is 1. The second-order valence-corrected chi connectivity index (χ2v) is 8.63. The molecule has 1 fully saturated rings. The minimum absolute atomic E-state index is 0.0475. The molecule has 4 atom stereocenters. The number of fused-ring (bicyclic) bond motifs is 3. The molecule has 5 rings (SSSR count). The first-order valence-electron chi connectivity index (χ1n) is 10.2. The maximum Gasteiger partial charge on any atom is 0.573 e. The van der Waals surface area contributed by atoms with Crippen molar-refractivity contribution in [1.29, 1.82) is 0 Å². The quantitative estimate of drug-likeness (QED) is 0.512. The number of ether oxygens (including phenoxy) is 2. The SMILES string of the molecule is O=C(O)[C@H]1C(=O)[C@@]2(O)c3ncc(Cl)cc3O[C@@]2(c2ccc(OC(F)(F)F)cc2)[C@@H]1c1ccccc1. The van der Waals surface area contributed by atoms with Crippen LogP contribution in [0.5, 0.6) is 11.5 Å². The summed E-state index contributed by atoms with van der Waals surface area (Å²) in [5, 5.41) is 22.2. The lowest BCUT2D eigenvalue weighted by molar-refractivity contribution is -0.274. The monoisotopic (exact) mass is 505 g/mol. The summed E-state index contributed by atoms with van der Waals surface area (Å²) < 4.78 is 48.2. The van der Waals surface area contributed by atoms with Crippen molar-refractivity contribution < 1.29 is 42.4 Å². The first-order chi connectivity index (χ1) is 16.5. The zero-order valence-corrected chi connectivity index (χ0v) is 18.2. The summed E-state index contributed by atoms with van der Waals surface area (Å²) in [6.07, 6.45) is -3.76. The highest BCUT2D eigenvalue weighted by molar-refractivity contribution is 6.30. The van der Waals surface area contributed by atoms with Crippen LogP contribution in [-0.2, 0) is 20.8 Å². The number of aromatic nitrogens is 1. The maximum absolute atomic E-state index is 13.7. The van der Waals surface area contributed by atoms with Crippen LogP contribution >= 0.6 is 11.6 Å². The van der Waals surface area contributed by atoms with Gasteiger partial charge in [-0.3, -0.25) is 14.6 Å². The number of pyridine rings is 1. The molecule has 3 aromatic rings. The summed E-state index contributed by atoms with van der Waals surface area (Å²) in [7, 11) is 0. The Morgan fingerprint density at radius 3 is 2.37 bits per heavy atom.